The second-order valence-corrected chi connectivity index (χ2v) is 8.31. The molecular weight excluding hydrogens is 540 g/mol. The Bertz CT molecular complexity index is 1210. The van der Waals surface area contributed by atoms with Crippen molar-refractivity contribution >= 4 is 55.5 Å². The van der Waals surface area contributed by atoms with Crippen LogP contribution in [0.15, 0.2) is 81.2 Å². The van der Waals surface area contributed by atoms with Crippen molar-refractivity contribution in [3.05, 3.63) is 97.9 Å². The number of nitriles is 1. The summed E-state index contributed by atoms with van der Waals surface area (Å²) >= 11 is 6.94. The third-order valence-corrected chi connectivity index (χ3v) is 5.47. The SMILES string of the molecule is N#C/C(=C/c1cc(Br)c(OCc2ccccc2)c(Br)c1)C(=O)Nc1cccc(C(=O)O)c1. The molecule has 3 aromatic rings. The highest BCUT2D eigenvalue weighted by Gasteiger charge is 2.13. The first-order valence-electron chi connectivity index (χ1n) is 9.29. The molecule has 32 heavy (non-hydrogen) atoms. The van der Waals surface area contributed by atoms with Crippen molar-refractivity contribution in [3.8, 4) is 11.8 Å². The molecule has 0 saturated carbocycles. The molecule has 3 rings (SSSR count). The van der Waals surface area contributed by atoms with Gasteiger partial charge in [-0.2, -0.15) is 5.26 Å². The van der Waals surface area contributed by atoms with Crippen molar-refractivity contribution in [3.63, 3.8) is 0 Å². The van der Waals surface area contributed by atoms with Crippen molar-refractivity contribution in [2.75, 3.05) is 5.32 Å². The number of rotatable bonds is 7. The fourth-order valence-corrected chi connectivity index (χ4v) is 4.22. The van der Waals surface area contributed by atoms with Crippen LogP contribution in [0.3, 0.4) is 0 Å². The quantitative estimate of drug-likeness (QED) is 0.274. The standard InChI is InChI=1S/C24H16Br2N2O4/c25-20-10-16(11-21(26)22(20)32-14-15-5-2-1-3-6-15)9-18(13-27)23(29)28-19-8-4-7-17(12-19)24(30)31/h1-12H,14H2,(H,28,29)(H,30,31)/b18-9-. The molecular formula is C24H16Br2N2O4. The molecule has 6 nitrogen and oxygen atoms in total. The van der Waals surface area contributed by atoms with E-state index in [4.69, 9.17) is 9.84 Å². The van der Waals surface area contributed by atoms with Gasteiger partial charge in [0.2, 0.25) is 0 Å². The van der Waals surface area contributed by atoms with Gasteiger partial charge in [-0.05, 0) is 79.4 Å². The Morgan fingerprint density at radius 3 is 2.34 bits per heavy atom. The van der Waals surface area contributed by atoms with Crippen LogP contribution in [0, 0.1) is 11.3 Å². The minimum atomic E-state index is -1.11. The van der Waals surface area contributed by atoms with Crippen LogP contribution in [0.1, 0.15) is 21.5 Å². The first kappa shape index (κ1) is 23.3. The molecule has 0 aliphatic carbocycles. The van der Waals surface area contributed by atoms with Crippen LogP contribution in [0.5, 0.6) is 5.75 Å². The number of hydrogen-bond donors (Lipinski definition) is 2. The van der Waals surface area contributed by atoms with Crippen molar-refractivity contribution in [2.24, 2.45) is 0 Å². The van der Waals surface area contributed by atoms with E-state index >= 15 is 0 Å². The van der Waals surface area contributed by atoms with E-state index in [2.05, 4.69) is 37.2 Å². The number of nitrogens with zero attached hydrogens (tertiary/aromatic N) is 1. The predicted molar refractivity (Wildman–Crippen MR) is 128 cm³/mol. The molecule has 0 aliphatic rings. The smallest absolute Gasteiger partial charge is 0.335 e. The van der Waals surface area contributed by atoms with Gasteiger partial charge in [-0.15, -0.1) is 0 Å². The number of hydrogen-bond acceptors (Lipinski definition) is 4. The van der Waals surface area contributed by atoms with Crippen molar-refractivity contribution < 1.29 is 19.4 Å². The lowest BCUT2D eigenvalue weighted by molar-refractivity contribution is -0.112. The highest BCUT2D eigenvalue weighted by atomic mass is 79.9. The van der Waals surface area contributed by atoms with Gasteiger partial charge < -0.3 is 15.2 Å². The lowest BCUT2D eigenvalue weighted by atomic mass is 10.1. The Hall–Kier alpha value is -3.41. The molecule has 0 spiro atoms. The number of benzene rings is 3. The molecule has 8 heteroatoms. The molecule has 0 unspecified atom stereocenters. The molecule has 0 bridgehead atoms. The number of amides is 1. The number of carbonyl (C=O) groups is 2. The van der Waals surface area contributed by atoms with Crippen LogP contribution >= 0.6 is 31.9 Å². The average Bonchev–Trinajstić information content (AvgIpc) is 2.77. The van der Waals surface area contributed by atoms with Gasteiger partial charge >= 0.3 is 5.97 Å². The van der Waals surface area contributed by atoms with Gasteiger partial charge in [-0.25, -0.2) is 4.79 Å². The third kappa shape index (κ3) is 6.06. The Morgan fingerprint density at radius 1 is 1.03 bits per heavy atom. The molecule has 160 valence electrons. The summed E-state index contributed by atoms with van der Waals surface area (Å²) in [6.45, 7) is 0.383. The van der Waals surface area contributed by atoms with Crippen LogP contribution in [0.2, 0.25) is 0 Å². The predicted octanol–water partition coefficient (Wildman–Crippen LogP) is 6.03. The fourth-order valence-electron chi connectivity index (χ4n) is 2.77. The minimum Gasteiger partial charge on any atom is -0.487 e. The monoisotopic (exact) mass is 554 g/mol. The first-order chi connectivity index (χ1) is 15.4. The van der Waals surface area contributed by atoms with Crippen LogP contribution in [0.4, 0.5) is 5.69 Å². The van der Waals surface area contributed by atoms with Gasteiger partial charge in [0.15, 0.2) is 0 Å². The second kappa shape index (κ2) is 10.8. The molecule has 3 aromatic carbocycles. The van der Waals surface area contributed by atoms with Crippen LogP contribution in [-0.4, -0.2) is 17.0 Å². The van der Waals surface area contributed by atoms with Crippen molar-refractivity contribution in [1.29, 1.82) is 5.26 Å². The molecule has 0 atom stereocenters. The van der Waals surface area contributed by atoms with E-state index in [9.17, 15) is 14.9 Å². The van der Waals surface area contributed by atoms with Crippen LogP contribution in [-0.2, 0) is 11.4 Å². The molecule has 0 saturated heterocycles. The number of carbonyl (C=O) groups excluding carboxylic acids is 1. The normalized spacial score (nSPS) is 10.8. The summed E-state index contributed by atoms with van der Waals surface area (Å²) in [7, 11) is 0. The van der Waals surface area contributed by atoms with E-state index in [1.165, 1.54) is 24.3 Å². The zero-order valence-electron chi connectivity index (χ0n) is 16.5. The maximum atomic E-state index is 12.5. The van der Waals surface area contributed by atoms with Crippen molar-refractivity contribution in [1.82, 2.24) is 0 Å². The Kier molecular flexibility index (Phi) is 7.82. The van der Waals surface area contributed by atoms with Gasteiger partial charge in [-0.1, -0.05) is 36.4 Å². The summed E-state index contributed by atoms with van der Waals surface area (Å²) in [5, 5.41) is 21.1. The summed E-state index contributed by atoms with van der Waals surface area (Å²) in [5.41, 5.74) is 1.79. The number of anilines is 1. The van der Waals surface area contributed by atoms with Crippen molar-refractivity contribution in [2.45, 2.75) is 6.61 Å². The fraction of sp³-hybridized carbons (Fsp3) is 0.0417. The topological polar surface area (TPSA) is 99.4 Å². The van der Waals surface area contributed by atoms with E-state index in [1.807, 2.05) is 36.4 Å². The number of nitrogens with one attached hydrogen (secondary N) is 1. The molecule has 2 N–H and O–H groups in total. The molecule has 0 aromatic heterocycles. The highest BCUT2D eigenvalue weighted by molar-refractivity contribution is 9.11. The van der Waals surface area contributed by atoms with E-state index in [1.54, 1.807) is 18.2 Å². The molecule has 0 radical (unpaired) electrons. The summed E-state index contributed by atoms with van der Waals surface area (Å²) in [6.07, 6.45) is 1.44. The average molecular weight is 556 g/mol. The van der Waals surface area contributed by atoms with Crippen LogP contribution in [0.25, 0.3) is 6.08 Å². The van der Waals surface area contributed by atoms with E-state index in [0.717, 1.165) is 5.56 Å². The lowest BCUT2D eigenvalue weighted by Crippen LogP contribution is -2.14. The minimum absolute atomic E-state index is 0.0317. The molecule has 0 heterocycles. The van der Waals surface area contributed by atoms with Gasteiger partial charge in [0, 0.05) is 5.69 Å². The number of halogens is 2. The zero-order valence-corrected chi connectivity index (χ0v) is 19.7. The maximum Gasteiger partial charge on any atom is 0.335 e. The maximum absolute atomic E-state index is 12.5. The largest absolute Gasteiger partial charge is 0.487 e. The first-order valence-corrected chi connectivity index (χ1v) is 10.9. The number of carboxylic acid groups (broad SMARTS) is 1. The van der Waals surface area contributed by atoms with E-state index < -0.39 is 11.9 Å². The Balaban J connectivity index is 1.78. The van der Waals surface area contributed by atoms with Gasteiger partial charge in [0.05, 0.1) is 14.5 Å². The number of aromatic carboxylic acids is 1. The Morgan fingerprint density at radius 2 is 1.72 bits per heavy atom. The summed E-state index contributed by atoms with van der Waals surface area (Å²) < 4.78 is 7.20. The van der Waals surface area contributed by atoms with Gasteiger partial charge in [0.25, 0.3) is 5.91 Å². The lowest BCUT2D eigenvalue weighted by Gasteiger charge is -2.12. The van der Waals surface area contributed by atoms with E-state index in [-0.39, 0.29) is 16.8 Å². The molecule has 1 amide bonds. The second-order valence-electron chi connectivity index (χ2n) is 6.60. The third-order valence-electron chi connectivity index (χ3n) is 4.29. The van der Waals surface area contributed by atoms with Gasteiger partial charge in [0.1, 0.15) is 24.0 Å². The highest BCUT2D eigenvalue weighted by Crippen LogP contribution is 2.36. The Labute approximate surface area is 201 Å². The summed E-state index contributed by atoms with van der Waals surface area (Å²) in [5.74, 6) is -1.16. The summed E-state index contributed by atoms with van der Waals surface area (Å²) in [4.78, 5) is 23.6. The number of carboxylic acids is 1. The van der Waals surface area contributed by atoms with E-state index in [0.29, 0.717) is 26.9 Å². The summed E-state index contributed by atoms with van der Waals surface area (Å²) in [6, 6.07) is 20.9. The zero-order chi connectivity index (χ0) is 23.1. The molecule has 0 aliphatic heterocycles. The number of ether oxygens (including phenoxy) is 1. The molecule has 0 fully saturated rings. The van der Waals surface area contributed by atoms with Gasteiger partial charge in [-0.3, -0.25) is 4.79 Å². The van der Waals surface area contributed by atoms with Crippen LogP contribution < -0.4 is 10.1 Å².